The number of benzene rings is 2. The van der Waals surface area contributed by atoms with Gasteiger partial charge in [-0.25, -0.2) is 0 Å². The summed E-state index contributed by atoms with van der Waals surface area (Å²) in [6, 6.07) is 11.2. The van der Waals surface area contributed by atoms with Crippen molar-refractivity contribution in [3.8, 4) is 11.5 Å². The topological polar surface area (TPSA) is 71.6 Å². The van der Waals surface area contributed by atoms with Crippen LogP contribution in [0.3, 0.4) is 0 Å². The normalized spacial score (nSPS) is 10.7. The van der Waals surface area contributed by atoms with Crippen molar-refractivity contribution in [2.45, 2.75) is 6.18 Å². The van der Waals surface area contributed by atoms with E-state index in [0.717, 1.165) is 12.1 Å². The summed E-state index contributed by atoms with van der Waals surface area (Å²) in [6.45, 7) is -0.299. The first-order valence-corrected chi connectivity index (χ1v) is 7.98. The lowest BCUT2D eigenvalue weighted by Gasteiger charge is -2.13. The molecule has 0 spiro atoms. The monoisotopic (exact) mass is 399 g/mol. The maximum atomic E-state index is 12.7. The fraction of sp³-hybridized carbons (Fsp3) is 0.176. The fourth-order valence-corrected chi connectivity index (χ4v) is 2.11. The Morgan fingerprint density at radius 3 is 2.48 bits per heavy atom. The van der Waals surface area contributed by atoms with Gasteiger partial charge >= 0.3 is 6.18 Å². The van der Waals surface area contributed by atoms with Gasteiger partial charge in [-0.1, -0.05) is 12.1 Å². The number of anilines is 1. The van der Waals surface area contributed by atoms with Crippen molar-refractivity contribution < 1.29 is 27.4 Å². The van der Waals surface area contributed by atoms with Crippen LogP contribution in [0.4, 0.5) is 18.9 Å². The lowest BCUT2D eigenvalue weighted by molar-refractivity contribution is -0.137. The molecule has 0 atom stereocenters. The van der Waals surface area contributed by atoms with Crippen LogP contribution in [0.1, 0.15) is 5.56 Å². The number of hydrazine groups is 1. The molecule has 6 nitrogen and oxygen atoms in total. The molecule has 0 aliphatic rings. The molecule has 0 heterocycles. The second-order valence-corrected chi connectivity index (χ2v) is 5.58. The van der Waals surface area contributed by atoms with Crippen molar-refractivity contribution in [2.75, 3.05) is 19.0 Å². The molecule has 144 valence electrons. The largest absolute Gasteiger partial charge is 0.497 e. The standard InChI is InChI=1S/C17H16F3N3O3S/c1-25-13-6-3-7-14(9-13)26-10-15(24)22-23-16(27)21-12-5-2-4-11(8-12)17(18,19)20/h2-9H,10H2,1H3,(H,22,24)(H2,21,23,27). The van der Waals surface area contributed by atoms with Gasteiger partial charge in [0.25, 0.3) is 5.91 Å². The van der Waals surface area contributed by atoms with Crippen LogP contribution in [-0.4, -0.2) is 24.7 Å². The second kappa shape index (κ2) is 9.08. The van der Waals surface area contributed by atoms with E-state index in [2.05, 4.69) is 16.2 Å². The first-order chi connectivity index (χ1) is 12.8. The van der Waals surface area contributed by atoms with E-state index < -0.39 is 17.6 Å². The third-order valence-corrected chi connectivity index (χ3v) is 3.38. The molecule has 0 unspecified atom stereocenters. The summed E-state index contributed by atoms with van der Waals surface area (Å²) < 4.78 is 48.4. The molecule has 10 heteroatoms. The van der Waals surface area contributed by atoms with Gasteiger partial charge in [0.1, 0.15) is 11.5 Å². The quantitative estimate of drug-likeness (QED) is 0.530. The molecule has 0 saturated carbocycles. The molecular formula is C17H16F3N3O3S. The van der Waals surface area contributed by atoms with E-state index in [1.165, 1.54) is 19.2 Å². The van der Waals surface area contributed by atoms with Crippen molar-refractivity contribution in [1.29, 1.82) is 0 Å². The number of alkyl halides is 3. The van der Waals surface area contributed by atoms with Gasteiger partial charge in [0.05, 0.1) is 12.7 Å². The van der Waals surface area contributed by atoms with Crippen LogP contribution in [0.2, 0.25) is 0 Å². The lowest BCUT2D eigenvalue weighted by Crippen LogP contribution is -2.45. The Morgan fingerprint density at radius 2 is 1.78 bits per heavy atom. The SMILES string of the molecule is COc1cccc(OCC(=O)NNC(=S)Nc2cccc(C(F)(F)F)c2)c1. The van der Waals surface area contributed by atoms with Crippen LogP contribution in [0.25, 0.3) is 0 Å². The molecule has 0 bridgehead atoms. The first-order valence-electron chi connectivity index (χ1n) is 7.58. The number of methoxy groups -OCH3 is 1. The Morgan fingerprint density at radius 1 is 1.07 bits per heavy atom. The number of ether oxygens (including phenoxy) is 2. The molecule has 2 rings (SSSR count). The first kappa shape index (κ1) is 20.3. The Labute approximate surface area is 158 Å². The van der Waals surface area contributed by atoms with Crippen molar-refractivity contribution >= 4 is 28.9 Å². The van der Waals surface area contributed by atoms with E-state index in [1.807, 2.05) is 0 Å². The number of carbonyl (C=O) groups excluding carboxylic acids is 1. The van der Waals surface area contributed by atoms with Crippen molar-refractivity contribution in [1.82, 2.24) is 10.9 Å². The highest BCUT2D eigenvalue weighted by atomic mass is 32.1. The Bertz CT molecular complexity index is 815. The molecule has 0 aliphatic heterocycles. The molecule has 0 fully saturated rings. The minimum Gasteiger partial charge on any atom is -0.497 e. The predicted octanol–water partition coefficient (Wildman–Crippen LogP) is 3.11. The molecule has 0 saturated heterocycles. The Balaban J connectivity index is 1.79. The van der Waals surface area contributed by atoms with Crippen LogP contribution in [0.15, 0.2) is 48.5 Å². The van der Waals surface area contributed by atoms with Gasteiger partial charge in [-0.3, -0.25) is 15.6 Å². The summed E-state index contributed by atoms with van der Waals surface area (Å²) in [4.78, 5) is 11.7. The molecule has 1 amide bonds. The maximum Gasteiger partial charge on any atom is 0.416 e. The van der Waals surface area contributed by atoms with Gasteiger partial charge in [-0.2, -0.15) is 13.2 Å². The van der Waals surface area contributed by atoms with E-state index in [1.54, 1.807) is 24.3 Å². The summed E-state index contributed by atoms with van der Waals surface area (Å²) in [7, 11) is 1.51. The zero-order valence-corrected chi connectivity index (χ0v) is 14.9. The van der Waals surface area contributed by atoms with Gasteiger partial charge in [0.2, 0.25) is 0 Å². The van der Waals surface area contributed by atoms with E-state index in [4.69, 9.17) is 21.7 Å². The predicted molar refractivity (Wildman–Crippen MR) is 97.4 cm³/mol. The summed E-state index contributed by atoms with van der Waals surface area (Å²) in [5.74, 6) is 0.484. The summed E-state index contributed by atoms with van der Waals surface area (Å²) in [5.41, 5.74) is 3.97. The molecule has 0 aliphatic carbocycles. The third-order valence-electron chi connectivity index (χ3n) is 3.17. The molecule has 3 N–H and O–H groups in total. The zero-order valence-electron chi connectivity index (χ0n) is 14.1. The van der Waals surface area contributed by atoms with Gasteiger partial charge in [-0.05, 0) is 42.5 Å². The fourth-order valence-electron chi connectivity index (χ4n) is 1.94. The number of halogens is 3. The zero-order chi connectivity index (χ0) is 19.9. The minimum atomic E-state index is -4.46. The van der Waals surface area contributed by atoms with Crippen LogP contribution in [0.5, 0.6) is 11.5 Å². The average Bonchev–Trinajstić information content (AvgIpc) is 2.64. The van der Waals surface area contributed by atoms with Crippen LogP contribution < -0.4 is 25.6 Å². The summed E-state index contributed by atoms with van der Waals surface area (Å²) in [6.07, 6.45) is -4.46. The van der Waals surface area contributed by atoms with Crippen LogP contribution >= 0.6 is 12.2 Å². The molecule has 27 heavy (non-hydrogen) atoms. The van der Waals surface area contributed by atoms with E-state index in [9.17, 15) is 18.0 Å². The molecular weight excluding hydrogens is 383 g/mol. The average molecular weight is 399 g/mol. The molecule has 0 radical (unpaired) electrons. The number of carbonyl (C=O) groups is 1. The van der Waals surface area contributed by atoms with Gasteiger partial charge in [-0.15, -0.1) is 0 Å². The number of nitrogens with one attached hydrogen (secondary N) is 3. The van der Waals surface area contributed by atoms with Crippen molar-refractivity contribution in [3.05, 3.63) is 54.1 Å². The van der Waals surface area contributed by atoms with E-state index in [0.29, 0.717) is 11.5 Å². The number of rotatable bonds is 5. The highest BCUT2D eigenvalue weighted by Gasteiger charge is 2.30. The molecule has 0 aromatic heterocycles. The highest BCUT2D eigenvalue weighted by molar-refractivity contribution is 7.80. The van der Waals surface area contributed by atoms with E-state index >= 15 is 0 Å². The maximum absolute atomic E-state index is 12.7. The van der Waals surface area contributed by atoms with Gasteiger partial charge in [0.15, 0.2) is 11.7 Å². The number of thiocarbonyl (C=S) groups is 1. The minimum absolute atomic E-state index is 0.0796. The van der Waals surface area contributed by atoms with Gasteiger partial charge in [0, 0.05) is 11.8 Å². The molecule has 2 aromatic carbocycles. The number of hydrogen-bond donors (Lipinski definition) is 3. The lowest BCUT2D eigenvalue weighted by atomic mass is 10.2. The number of amides is 1. The van der Waals surface area contributed by atoms with Crippen molar-refractivity contribution in [3.63, 3.8) is 0 Å². The van der Waals surface area contributed by atoms with E-state index in [-0.39, 0.29) is 17.4 Å². The third kappa shape index (κ3) is 6.66. The second-order valence-electron chi connectivity index (χ2n) is 5.17. The Hall–Kier alpha value is -3.01. The summed E-state index contributed by atoms with van der Waals surface area (Å²) >= 11 is 4.93. The smallest absolute Gasteiger partial charge is 0.416 e. The van der Waals surface area contributed by atoms with Crippen LogP contribution in [-0.2, 0) is 11.0 Å². The van der Waals surface area contributed by atoms with Crippen molar-refractivity contribution in [2.24, 2.45) is 0 Å². The van der Waals surface area contributed by atoms with Gasteiger partial charge < -0.3 is 14.8 Å². The highest BCUT2D eigenvalue weighted by Crippen LogP contribution is 2.30. The number of hydrogen-bond acceptors (Lipinski definition) is 4. The Kier molecular flexibility index (Phi) is 6.83. The summed E-state index contributed by atoms with van der Waals surface area (Å²) in [5, 5.41) is 2.47. The molecule has 2 aromatic rings. The van der Waals surface area contributed by atoms with Crippen LogP contribution in [0, 0.1) is 0 Å².